The highest BCUT2D eigenvalue weighted by molar-refractivity contribution is 5.43. The van der Waals surface area contributed by atoms with E-state index < -0.39 is 0 Å². The number of rotatable bonds is 5. The average Bonchev–Trinajstić information content (AvgIpc) is 2.61. The van der Waals surface area contributed by atoms with E-state index in [4.69, 9.17) is 10.5 Å². The van der Waals surface area contributed by atoms with Crippen LogP contribution in [0.5, 0.6) is 5.75 Å². The van der Waals surface area contributed by atoms with E-state index in [1.807, 2.05) is 0 Å². The van der Waals surface area contributed by atoms with Crippen LogP contribution < -0.4 is 10.5 Å². The fraction of sp³-hybridized carbons (Fsp3) is 0.625. The molecule has 3 heteroatoms. The van der Waals surface area contributed by atoms with E-state index in [2.05, 4.69) is 20.8 Å². The highest BCUT2D eigenvalue weighted by atomic mass is 19.1. The molecule has 0 aromatic heterocycles. The Morgan fingerprint density at radius 2 is 2.11 bits per heavy atom. The minimum absolute atomic E-state index is 0.151. The molecule has 1 aliphatic rings. The summed E-state index contributed by atoms with van der Waals surface area (Å²) in [4.78, 5) is 0. The zero-order chi connectivity index (χ0) is 14.0. The van der Waals surface area contributed by atoms with Crippen molar-refractivity contribution < 1.29 is 9.13 Å². The molecule has 1 heterocycles. The lowest BCUT2D eigenvalue weighted by Gasteiger charge is -2.33. The molecule has 2 atom stereocenters. The molecule has 0 saturated carbocycles. The van der Waals surface area contributed by atoms with Crippen molar-refractivity contribution in [3.05, 3.63) is 29.6 Å². The molecule has 0 spiro atoms. The Bertz CT molecular complexity index is 446. The molecule has 1 aromatic rings. The topological polar surface area (TPSA) is 35.2 Å². The molecule has 2 rings (SSSR count). The van der Waals surface area contributed by atoms with Gasteiger partial charge in [0.15, 0.2) is 0 Å². The number of nitrogens with two attached hydrogens (primary N) is 1. The quantitative estimate of drug-likeness (QED) is 0.866. The second kappa shape index (κ2) is 5.49. The largest absolute Gasteiger partial charge is 0.485 e. The Balaban J connectivity index is 2.27. The predicted octanol–water partition coefficient (Wildman–Crippen LogP) is 4.19. The second-order valence-corrected chi connectivity index (χ2v) is 6.01. The highest BCUT2D eigenvalue weighted by Gasteiger charge is 2.45. The summed E-state index contributed by atoms with van der Waals surface area (Å²) in [5.41, 5.74) is 6.99. The lowest BCUT2D eigenvalue weighted by atomic mass is 9.82. The normalized spacial score (nSPS) is 25.5. The van der Waals surface area contributed by atoms with E-state index >= 15 is 0 Å². The molecular weight excluding hydrogens is 241 g/mol. The van der Waals surface area contributed by atoms with E-state index in [1.54, 1.807) is 6.07 Å². The lowest BCUT2D eigenvalue weighted by Crippen LogP contribution is -2.42. The van der Waals surface area contributed by atoms with Crippen LogP contribution in [0.4, 0.5) is 4.39 Å². The SMILES string of the molecule is CCCC1(CCC(C)C)Oc2cc(F)ccc2C1N. The third kappa shape index (κ3) is 2.76. The van der Waals surface area contributed by atoms with Gasteiger partial charge in [0, 0.05) is 11.6 Å². The van der Waals surface area contributed by atoms with Crippen LogP contribution in [-0.2, 0) is 0 Å². The molecule has 2 unspecified atom stereocenters. The number of benzene rings is 1. The summed E-state index contributed by atoms with van der Waals surface area (Å²) in [5, 5.41) is 0. The maximum absolute atomic E-state index is 13.3. The minimum atomic E-state index is -0.352. The molecule has 106 valence electrons. The van der Waals surface area contributed by atoms with Gasteiger partial charge in [-0.05, 0) is 31.2 Å². The Morgan fingerprint density at radius 3 is 2.74 bits per heavy atom. The molecule has 2 N–H and O–H groups in total. The van der Waals surface area contributed by atoms with Gasteiger partial charge in [0.05, 0.1) is 6.04 Å². The predicted molar refractivity (Wildman–Crippen MR) is 75.7 cm³/mol. The summed E-state index contributed by atoms with van der Waals surface area (Å²) >= 11 is 0. The van der Waals surface area contributed by atoms with Crippen molar-refractivity contribution >= 4 is 0 Å². The van der Waals surface area contributed by atoms with Crippen LogP contribution >= 0.6 is 0 Å². The molecule has 0 aliphatic carbocycles. The van der Waals surface area contributed by atoms with Gasteiger partial charge in [-0.25, -0.2) is 4.39 Å². The molecule has 2 nitrogen and oxygen atoms in total. The van der Waals surface area contributed by atoms with Crippen LogP contribution in [0.15, 0.2) is 18.2 Å². The van der Waals surface area contributed by atoms with Crippen molar-refractivity contribution in [2.75, 3.05) is 0 Å². The van der Waals surface area contributed by atoms with Crippen molar-refractivity contribution in [1.82, 2.24) is 0 Å². The van der Waals surface area contributed by atoms with Crippen molar-refractivity contribution in [2.24, 2.45) is 11.7 Å². The Labute approximate surface area is 115 Å². The standard InChI is InChI=1S/C16H24FNO/c1-4-8-16(9-7-11(2)3)15(18)13-6-5-12(17)10-14(13)19-16/h5-6,10-11,15H,4,7-9,18H2,1-3H3. The maximum Gasteiger partial charge on any atom is 0.128 e. The van der Waals surface area contributed by atoms with Crippen LogP contribution in [0, 0.1) is 11.7 Å². The Kier molecular flexibility index (Phi) is 4.14. The molecular formula is C16H24FNO. The number of hydrogen-bond donors (Lipinski definition) is 1. The zero-order valence-electron chi connectivity index (χ0n) is 12.1. The fourth-order valence-electron chi connectivity index (χ4n) is 2.91. The van der Waals surface area contributed by atoms with Gasteiger partial charge >= 0.3 is 0 Å². The lowest BCUT2D eigenvalue weighted by molar-refractivity contribution is 0.0439. The number of ether oxygens (including phenoxy) is 1. The monoisotopic (exact) mass is 265 g/mol. The number of halogens is 1. The van der Waals surface area contributed by atoms with Crippen molar-refractivity contribution in [3.8, 4) is 5.75 Å². The first-order valence-corrected chi connectivity index (χ1v) is 7.22. The van der Waals surface area contributed by atoms with Crippen LogP contribution in [-0.4, -0.2) is 5.60 Å². The summed E-state index contributed by atoms with van der Waals surface area (Å²) in [6, 6.07) is 4.54. The number of fused-ring (bicyclic) bond motifs is 1. The summed E-state index contributed by atoms with van der Waals surface area (Å²) in [6.45, 7) is 6.54. The first kappa shape index (κ1) is 14.3. The van der Waals surface area contributed by atoms with Crippen molar-refractivity contribution in [2.45, 2.75) is 58.1 Å². The Morgan fingerprint density at radius 1 is 1.37 bits per heavy atom. The van der Waals surface area contributed by atoms with E-state index in [-0.39, 0.29) is 17.5 Å². The molecule has 0 amide bonds. The van der Waals surface area contributed by atoms with Gasteiger partial charge in [0.25, 0.3) is 0 Å². The maximum atomic E-state index is 13.3. The van der Waals surface area contributed by atoms with Crippen LogP contribution in [0.25, 0.3) is 0 Å². The van der Waals surface area contributed by atoms with Crippen LogP contribution in [0.2, 0.25) is 0 Å². The van der Waals surface area contributed by atoms with Gasteiger partial charge in [-0.15, -0.1) is 0 Å². The Hall–Kier alpha value is -1.09. The molecule has 1 aliphatic heterocycles. The second-order valence-electron chi connectivity index (χ2n) is 6.01. The molecule has 0 radical (unpaired) electrons. The minimum Gasteiger partial charge on any atom is -0.485 e. The van der Waals surface area contributed by atoms with Gasteiger partial charge in [0.1, 0.15) is 17.2 Å². The van der Waals surface area contributed by atoms with Gasteiger partial charge < -0.3 is 10.5 Å². The van der Waals surface area contributed by atoms with E-state index in [9.17, 15) is 4.39 Å². The van der Waals surface area contributed by atoms with Crippen molar-refractivity contribution in [3.63, 3.8) is 0 Å². The molecule has 1 aromatic carbocycles. The van der Waals surface area contributed by atoms with E-state index in [1.165, 1.54) is 12.1 Å². The first-order chi connectivity index (χ1) is 8.98. The highest BCUT2D eigenvalue weighted by Crippen LogP contribution is 2.47. The summed E-state index contributed by atoms with van der Waals surface area (Å²) in [7, 11) is 0. The van der Waals surface area contributed by atoms with Gasteiger partial charge in [-0.3, -0.25) is 0 Å². The van der Waals surface area contributed by atoms with E-state index in [0.717, 1.165) is 31.2 Å². The van der Waals surface area contributed by atoms with Gasteiger partial charge in [0.2, 0.25) is 0 Å². The average molecular weight is 265 g/mol. The van der Waals surface area contributed by atoms with Crippen LogP contribution in [0.1, 0.15) is 58.1 Å². The zero-order valence-corrected chi connectivity index (χ0v) is 12.1. The molecule has 0 fully saturated rings. The molecule has 0 bridgehead atoms. The molecule has 19 heavy (non-hydrogen) atoms. The summed E-state index contributed by atoms with van der Waals surface area (Å²) in [5.74, 6) is 0.983. The smallest absolute Gasteiger partial charge is 0.128 e. The van der Waals surface area contributed by atoms with Crippen LogP contribution in [0.3, 0.4) is 0 Å². The van der Waals surface area contributed by atoms with Gasteiger partial charge in [-0.2, -0.15) is 0 Å². The summed E-state index contributed by atoms with van der Waals surface area (Å²) < 4.78 is 19.4. The third-order valence-electron chi connectivity index (χ3n) is 4.01. The fourth-order valence-corrected chi connectivity index (χ4v) is 2.91. The number of hydrogen-bond acceptors (Lipinski definition) is 2. The van der Waals surface area contributed by atoms with Crippen molar-refractivity contribution in [1.29, 1.82) is 0 Å². The third-order valence-corrected chi connectivity index (χ3v) is 4.01. The first-order valence-electron chi connectivity index (χ1n) is 7.22. The molecule has 0 saturated heterocycles. The van der Waals surface area contributed by atoms with E-state index in [0.29, 0.717) is 11.7 Å². The van der Waals surface area contributed by atoms with Gasteiger partial charge in [-0.1, -0.05) is 33.3 Å². The summed E-state index contributed by atoms with van der Waals surface area (Å²) in [6.07, 6.45) is 3.93.